The van der Waals surface area contributed by atoms with E-state index in [-0.39, 0.29) is 17.9 Å². The molecule has 0 N–H and O–H groups in total. The van der Waals surface area contributed by atoms with Crippen molar-refractivity contribution in [3.8, 4) is 0 Å². The van der Waals surface area contributed by atoms with E-state index in [0.717, 1.165) is 24.8 Å². The first kappa shape index (κ1) is 13.2. The van der Waals surface area contributed by atoms with Crippen LogP contribution in [0, 0.1) is 0 Å². The van der Waals surface area contributed by atoms with Crippen molar-refractivity contribution in [1.29, 1.82) is 0 Å². The zero-order chi connectivity index (χ0) is 13.9. The Morgan fingerprint density at radius 3 is 2.65 bits per heavy atom. The molecular weight excluding hydrogens is 252 g/mol. The molecule has 0 aliphatic carbocycles. The van der Waals surface area contributed by atoms with Crippen LogP contribution in [0.4, 0.5) is 0 Å². The molecule has 1 atom stereocenters. The van der Waals surface area contributed by atoms with Crippen LogP contribution in [0.3, 0.4) is 0 Å². The second-order valence-corrected chi connectivity index (χ2v) is 5.59. The molecule has 1 unspecified atom stereocenters. The van der Waals surface area contributed by atoms with Crippen molar-refractivity contribution in [3.05, 3.63) is 35.9 Å². The van der Waals surface area contributed by atoms with Gasteiger partial charge in [0.05, 0.1) is 0 Å². The Labute approximate surface area is 119 Å². The normalized spacial score (nSPS) is 23.5. The summed E-state index contributed by atoms with van der Waals surface area (Å²) in [5, 5.41) is 0. The van der Waals surface area contributed by atoms with E-state index < -0.39 is 0 Å². The van der Waals surface area contributed by atoms with Gasteiger partial charge in [0.15, 0.2) is 0 Å². The molecule has 2 saturated heterocycles. The lowest BCUT2D eigenvalue weighted by Gasteiger charge is -2.40. The molecule has 20 heavy (non-hydrogen) atoms. The minimum Gasteiger partial charge on any atom is -0.335 e. The maximum absolute atomic E-state index is 12.6. The van der Waals surface area contributed by atoms with Gasteiger partial charge < -0.3 is 9.80 Å². The highest BCUT2D eigenvalue weighted by Crippen LogP contribution is 2.23. The molecule has 0 saturated carbocycles. The Balaban J connectivity index is 1.73. The minimum atomic E-state index is -0.220. The Bertz CT molecular complexity index is 500. The summed E-state index contributed by atoms with van der Waals surface area (Å²) in [6.07, 6.45) is 3.30. The third-order valence-electron chi connectivity index (χ3n) is 4.24. The number of hydrogen-bond acceptors (Lipinski definition) is 2. The molecule has 106 valence electrons. The lowest BCUT2D eigenvalue weighted by atomic mass is 10.1. The van der Waals surface area contributed by atoms with Crippen LogP contribution in [0.1, 0.15) is 31.2 Å². The molecule has 2 heterocycles. The van der Waals surface area contributed by atoms with E-state index in [0.29, 0.717) is 26.1 Å². The van der Waals surface area contributed by atoms with E-state index in [1.165, 1.54) is 0 Å². The van der Waals surface area contributed by atoms with E-state index in [9.17, 15) is 9.59 Å². The third-order valence-corrected chi connectivity index (χ3v) is 4.24. The molecule has 2 fully saturated rings. The summed E-state index contributed by atoms with van der Waals surface area (Å²) in [5.74, 6) is 0.274. The SMILES string of the molecule is O=C1C2CCCCC(=O)N2CCN1Cc1ccccc1. The Morgan fingerprint density at radius 2 is 1.85 bits per heavy atom. The van der Waals surface area contributed by atoms with Gasteiger partial charge in [-0.3, -0.25) is 9.59 Å². The zero-order valence-corrected chi connectivity index (χ0v) is 11.6. The number of carbonyl (C=O) groups excluding carboxylic acids is 2. The van der Waals surface area contributed by atoms with Crippen LogP contribution in [0.2, 0.25) is 0 Å². The molecule has 1 aromatic rings. The maximum Gasteiger partial charge on any atom is 0.245 e. The predicted molar refractivity (Wildman–Crippen MR) is 75.8 cm³/mol. The van der Waals surface area contributed by atoms with Crippen LogP contribution >= 0.6 is 0 Å². The van der Waals surface area contributed by atoms with Gasteiger partial charge in [-0.1, -0.05) is 36.8 Å². The molecule has 2 amide bonds. The highest BCUT2D eigenvalue weighted by molar-refractivity contribution is 5.89. The van der Waals surface area contributed by atoms with Gasteiger partial charge in [-0.2, -0.15) is 0 Å². The van der Waals surface area contributed by atoms with Gasteiger partial charge >= 0.3 is 0 Å². The summed E-state index contributed by atoms with van der Waals surface area (Å²) >= 11 is 0. The van der Waals surface area contributed by atoms with E-state index in [1.54, 1.807) is 4.90 Å². The minimum absolute atomic E-state index is 0.121. The topological polar surface area (TPSA) is 40.6 Å². The van der Waals surface area contributed by atoms with Gasteiger partial charge in [0, 0.05) is 26.1 Å². The number of carbonyl (C=O) groups is 2. The maximum atomic E-state index is 12.6. The highest BCUT2D eigenvalue weighted by atomic mass is 16.2. The number of amides is 2. The van der Waals surface area contributed by atoms with E-state index in [4.69, 9.17) is 0 Å². The lowest BCUT2D eigenvalue weighted by molar-refractivity contribution is -0.151. The Morgan fingerprint density at radius 1 is 1.05 bits per heavy atom. The van der Waals surface area contributed by atoms with Gasteiger partial charge in [0.1, 0.15) is 6.04 Å². The van der Waals surface area contributed by atoms with Crippen molar-refractivity contribution in [3.63, 3.8) is 0 Å². The standard InChI is InChI=1S/C16H20N2O2/c19-15-9-5-4-8-14-16(20)17(10-11-18(14)15)12-13-6-2-1-3-7-13/h1-3,6-7,14H,4-5,8-12H2. The molecule has 3 rings (SSSR count). The fourth-order valence-electron chi connectivity index (χ4n) is 3.13. The first-order valence-corrected chi connectivity index (χ1v) is 7.38. The average molecular weight is 272 g/mol. The predicted octanol–water partition coefficient (Wildman–Crippen LogP) is 1.80. The smallest absolute Gasteiger partial charge is 0.245 e. The Hall–Kier alpha value is -1.84. The molecule has 2 aliphatic heterocycles. The van der Waals surface area contributed by atoms with E-state index in [2.05, 4.69) is 0 Å². The quantitative estimate of drug-likeness (QED) is 0.823. The van der Waals surface area contributed by atoms with Gasteiger partial charge in [-0.15, -0.1) is 0 Å². The van der Waals surface area contributed by atoms with Gasteiger partial charge in [-0.05, 0) is 18.4 Å². The molecule has 4 nitrogen and oxygen atoms in total. The lowest BCUT2D eigenvalue weighted by Crippen LogP contribution is -2.57. The summed E-state index contributed by atoms with van der Waals surface area (Å²) < 4.78 is 0. The van der Waals surface area contributed by atoms with Crippen molar-refractivity contribution in [1.82, 2.24) is 9.80 Å². The number of nitrogens with zero attached hydrogens (tertiary/aromatic N) is 2. The van der Waals surface area contributed by atoms with Crippen LogP contribution in [-0.4, -0.2) is 40.7 Å². The molecule has 4 heteroatoms. The van der Waals surface area contributed by atoms with Crippen LogP contribution < -0.4 is 0 Å². The molecule has 0 aromatic heterocycles. The van der Waals surface area contributed by atoms with Crippen LogP contribution in [0.25, 0.3) is 0 Å². The van der Waals surface area contributed by atoms with Crippen LogP contribution in [0.5, 0.6) is 0 Å². The fourth-order valence-corrected chi connectivity index (χ4v) is 3.13. The highest BCUT2D eigenvalue weighted by Gasteiger charge is 2.37. The second-order valence-electron chi connectivity index (χ2n) is 5.59. The number of fused-ring (bicyclic) bond motifs is 1. The van der Waals surface area contributed by atoms with E-state index in [1.807, 2.05) is 35.2 Å². The van der Waals surface area contributed by atoms with Crippen LogP contribution in [-0.2, 0) is 16.1 Å². The molecule has 0 spiro atoms. The fraction of sp³-hybridized carbons (Fsp3) is 0.500. The summed E-state index contributed by atoms with van der Waals surface area (Å²) in [5.41, 5.74) is 1.15. The van der Waals surface area contributed by atoms with Crippen molar-refractivity contribution in [2.45, 2.75) is 38.3 Å². The third kappa shape index (κ3) is 2.55. The molecule has 0 bridgehead atoms. The monoisotopic (exact) mass is 272 g/mol. The molecular formula is C16H20N2O2. The van der Waals surface area contributed by atoms with Gasteiger partial charge in [-0.25, -0.2) is 0 Å². The molecule has 1 aromatic carbocycles. The second kappa shape index (κ2) is 5.65. The average Bonchev–Trinajstić information content (AvgIpc) is 2.66. The zero-order valence-electron chi connectivity index (χ0n) is 11.6. The first-order valence-electron chi connectivity index (χ1n) is 7.38. The van der Waals surface area contributed by atoms with Crippen molar-refractivity contribution >= 4 is 11.8 Å². The summed E-state index contributed by atoms with van der Waals surface area (Å²) in [6.45, 7) is 1.98. The van der Waals surface area contributed by atoms with Gasteiger partial charge in [0.2, 0.25) is 11.8 Å². The van der Waals surface area contributed by atoms with Crippen LogP contribution in [0.15, 0.2) is 30.3 Å². The first-order chi connectivity index (χ1) is 9.75. The van der Waals surface area contributed by atoms with E-state index >= 15 is 0 Å². The summed E-state index contributed by atoms with van der Waals surface area (Å²) in [6, 6.07) is 9.82. The number of hydrogen-bond donors (Lipinski definition) is 0. The number of piperazine rings is 1. The molecule has 2 aliphatic rings. The van der Waals surface area contributed by atoms with Crippen molar-refractivity contribution in [2.24, 2.45) is 0 Å². The molecule has 0 radical (unpaired) electrons. The van der Waals surface area contributed by atoms with Crippen molar-refractivity contribution < 1.29 is 9.59 Å². The van der Waals surface area contributed by atoms with Crippen molar-refractivity contribution in [2.75, 3.05) is 13.1 Å². The largest absolute Gasteiger partial charge is 0.335 e. The van der Waals surface area contributed by atoms with Gasteiger partial charge in [0.25, 0.3) is 0 Å². The summed E-state index contributed by atoms with van der Waals surface area (Å²) in [4.78, 5) is 28.3. The number of rotatable bonds is 2. The summed E-state index contributed by atoms with van der Waals surface area (Å²) in [7, 11) is 0. The Kier molecular flexibility index (Phi) is 3.72. The number of benzene rings is 1.